The number of sulfonamides is 1. The Kier molecular flexibility index (Phi) is 7.38. The third-order valence-corrected chi connectivity index (χ3v) is 8.71. The van der Waals surface area contributed by atoms with E-state index < -0.39 is 21.9 Å². The molecule has 34 heavy (non-hydrogen) atoms. The van der Waals surface area contributed by atoms with Gasteiger partial charge < -0.3 is 9.64 Å². The summed E-state index contributed by atoms with van der Waals surface area (Å²) in [6.45, 7) is 5.50. The lowest BCUT2D eigenvalue weighted by Crippen LogP contribution is -2.42. The zero-order valence-corrected chi connectivity index (χ0v) is 20.6. The first-order chi connectivity index (χ1) is 16.3. The molecule has 8 heteroatoms. The normalized spacial score (nSPS) is 17.4. The van der Waals surface area contributed by atoms with Gasteiger partial charge in [0.25, 0.3) is 5.91 Å². The smallest absolute Gasteiger partial charge is 0.309 e. The van der Waals surface area contributed by atoms with Gasteiger partial charge in [-0.15, -0.1) is 0 Å². The quantitative estimate of drug-likeness (QED) is 0.587. The molecule has 0 saturated carbocycles. The molecule has 0 bridgehead atoms. The topological polar surface area (TPSA) is 84.0 Å². The van der Waals surface area contributed by atoms with E-state index in [-0.39, 0.29) is 30.5 Å². The Balaban J connectivity index is 1.26. The SMILES string of the molecule is CC(C)c1ccc(S(=O)(=O)N2CCC(C(=O)OCC(=O)N3CCc4ccccc4C3)CC2)cc1. The number of amides is 1. The Morgan fingerprint density at radius 3 is 2.26 bits per heavy atom. The minimum Gasteiger partial charge on any atom is -0.455 e. The number of benzene rings is 2. The number of esters is 1. The van der Waals surface area contributed by atoms with Crippen LogP contribution in [0.15, 0.2) is 53.4 Å². The van der Waals surface area contributed by atoms with Gasteiger partial charge in [0.05, 0.1) is 10.8 Å². The highest BCUT2D eigenvalue weighted by atomic mass is 32.2. The highest BCUT2D eigenvalue weighted by molar-refractivity contribution is 7.89. The first kappa shape index (κ1) is 24.4. The van der Waals surface area contributed by atoms with Crippen LogP contribution in [0.3, 0.4) is 0 Å². The van der Waals surface area contributed by atoms with Crippen LogP contribution in [0.5, 0.6) is 0 Å². The summed E-state index contributed by atoms with van der Waals surface area (Å²) in [5.41, 5.74) is 3.46. The van der Waals surface area contributed by atoms with Crippen molar-refractivity contribution < 1.29 is 22.7 Å². The van der Waals surface area contributed by atoms with Crippen molar-refractivity contribution in [2.24, 2.45) is 5.92 Å². The molecule has 4 rings (SSSR count). The Bertz CT molecular complexity index is 1140. The van der Waals surface area contributed by atoms with E-state index in [0.717, 1.165) is 17.5 Å². The third-order valence-electron chi connectivity index (χ3n) is 6.79. The second-order valence-electron chi connectivity index (χ2n) is 9.34. The fraction of sp³-hybridized carbons (Fsp3) is 0.462. The molecule has 0 atom stereocenters. The van der Waals surface area contributed by atoms with Gasteiger partial charge in [0.1, 0.15) is 0 Å². The van der Waals surface area contributed by atoms with E-state index in [0.29, 0.717) is 31.8 Å². The molecule has 2 aromatic rings. The highest BCUT2D eigenvalue weighted by Crippen LogP contribution is 2.26. The number of fused-ring (bicyclic) bond motifs is 1. The molecule has 1 amide bonds. The zero-order chi connectivity index (χ0) is 24.3. The Morgan fingerprint density at radius 1 is 0.971 bits per heavy atom. The van der Waals surface area contributed by atoms with Crippen molar-refractivity contribution in [2.45, 2.75) is 50.5 Å². The predicted octanol–water partition coefficient (Wildman–Crippen LogP) is 3.34. The van der Waals surface area contributed by atoms with E-state index in [4.69, 9.17) is 4.74 Å². The summed E-state index contributed by atoms with van der Waals surface area (Å²) >= 11 is 0. The number of carbonyl (C=O) groups is 2. The van der Waals surface area contributed by atoms with Gasteiger partial charge in [0, 0.05) is 26.2 Å². The maximum Gasteiger partial charge on any atom is 0.309 e. The molecule has 0 unspecified atom stereocenters. The van der Waals surface area contributed by atoms with Crippen LogP contribution in [0.25, 0.3) is 0 Å². The fourth-order valence-corrected chi connectivity index (χ4v) is 6.03. The number of nitrogens with zero attached hydrogens (tertiary/aromatic N) is 2. The molecule has 0 aromatic heterocycles. The van der Waals surface area contributed by atoms with Crippen LogP contribution in [0, 0.1) is 5.92 Å². The van der Waals surface area contributed by atoms with Crippen molar-refractivity contribution in [1.29, 1.82) is 0 Å². The van der Waals surface area contributed by atoms with Crippen LogP contribution in [0.2, 0.25) is 0 Å². The summed E-state index contributed by atoms with van der Waals surface area (Å²) in [4.78, 5) is 27.1. The summed E-state index contributed by atoms with van der Waals surface area (Å²) in [6.07, 6.45) is 1.56. The molecule has 1 saturated heterocycles. The zero-order valence-electron chi connectivity index (χ0n) is 19.8. The first-order valence-corrected chi connectivity index (χ1v) is 13.3. The molecular formula is C26H32N2O5S. The standard InChI is InChI=1S/C26H32N2O5S/c1-19(2)20-7-9-24(10-8-20)34(31,32)28-15-12-22(13-16-28)26(30)33-18-25(29)27-14-11-21-5-3-4-6-23(21)17-27/h3-10,19,22H,11-18H2,1-2H3. The van der Waals surface area contributed by atoms with E-state index in [1.165, 1.54) is 9.87 Å². The summed E-state index contributed by atoms with van der Waals surface area (Å²) in [5.74, 6) is -0.697. The van der Waals surface area contributed by atoms with E-state index >= 15 is 0 Å². The summed E-state index contributed by atoms with van der Waals surface area (Å²) in [5, 5.41) is 0. The Morgan fingerprint density at radius 2 is 1.62 bits per heavy atom. The Hall–Kier alpha value is -2.71. The highest BCUT2D eigenvalue weighted by Gasteiger charge is 2.33. The monoisotopic (exact) mass is 484 g/mol. The van der Waals surface area contributed by atoms with E-state index in [2.05, 4.69) is 19.9 Å². The average Bonchev–Trinajstić information content (AvgIpc) is 2.86. The number of rotatable bonds is 6. The molecule has 1 fully saturated rings. The van der Waals surface area contributed by atoms with Crippen LogP contribution >= 0.6 is 0 Å². The van der Waals surface area contributed by atoms with Gasteiger partial charge in [-0.3, -0.25) is 9.59 Å². The molecule has 182 valence electrons. The minimum absolute atomic E-state index is 0.201. The van der Waals surface area contributed by atoms with E-state index in [1.54, 1.807) is 17.0 Å². The van der Waals surface area contributed by atoms with Crippen molar-refractivity contribution in [1.82, 2.24) is 9.21 Å². The van der Waals surface area contributed by atoms with E-state index in [9.17, 15) is 18.0 Å². The van der Waals surface area contributed by atoms with Crippen LogP contribution < -0.4 is 0 Å². The van der Waals surface area contributed by atoms with Crippen molar-refractivity contribution in [3.8, 4) is 0 Å². The van der Waals surface area contributed by atoms with Crippen LogP contribution in [-0.2, 0) is 37.3 Å². The minimum atomic E-state index is -3.60. The van der Waals surface area contributed by atoms with Gasteiger partial charge in [0.2, 0.25) is 10.0 Å². The lowest BCUT2D eigenvalue weighted by molar-refractivity contribution is -0.156. The van der Waals surface area contributed by atoms with Gasteiger partial charge in [-0.25, -0.2) is 8.42 Å². The van der Waals surface area contributed by atoms with Crippen LogP contribution in [0.4, 0.5) is 0 Å². The van der Waals surface area contributed by atoms with Crippen LogP contribution in [0.1, 0.15) is 49.3 Å². The largest absolute Gasteiger partial charge is 0.455 e. The maximum absolute atomic E-state index is 13.0. The molecule has 7 nitrogen and oxygen atoms in total. The average molecular weight is 485 g/mol. The Labute approximate surface area is 201 Å². The molecule has 0 aliphatic carbocycles. The van der Waals surface area contributed by atoms with Gasteiger partial charge in [-0.2, -0.15) is 4.31 Å². The number of hydrogen-bond acceptors (Lipinski definition) is 5. The molecule has 0 radical (unpaired) electrons. The maximum atomic E-state index is 13.0. The summed E-state index contributed by atoms with van der Waals surface area (Å²) in [6, 6.07) is 15.0. The second kappa shape index (κ2) is 10.3. The second-order valence-corrected chi connectivity index (χ2v) is 11.3. The fourth-order valence-electron chi connectivity index (χ4n) is 4.56. The van der Waals surface area contributed by atoms with Gasteiger partial charge >= 0.3 is 5.97 Å². The molecular weight excluding hydrogens is 452 g/mol. The molecule has 2 aliphatic heterocycles. The van der Waals surface area contributed by atoms with E-state index in [1.807, 2.05) is 30.3 Å². The van der Waals surface area contributed by atoms with Gasteiger partial charge in [0.15, 0.2) is 6.61 Å². The number of carbonyl (C=O) groups excluding carboxylic acids is 2. The number of piperidine rings is 1. The molecule has 2 aliphatic rings. The van der Waals surface area contributed by atoms with Gasteiger partial charge in [-0.1, -0.05) is 50.2 Å². The summed E-state index contributed by atoms with van der Waals surface area (Å²) < 4.78 is 32.7. The third kappa shape index (κ3) is 5.33. The van der Waals surface area contributed by atoms with Gasteiger partial charge in [-0.05, 0) is 54.0 Å². The molecule has 0 N–H and O–H groups in total. The van der Waals surface area contributed by atoms with Crippen molar-refractivity contribution >= 4 is 21.9 Å². The van der Waals surface area contributed by atoms with Crippen LogP contribution in [-0.4, -0.2) is 55.7 Å². The molecule has 0 spiro atoms. The molecule has 2 heterocycles. The summed E-state index contributed by atoms with van der Waals surface area (Å²) in [7, 11) is -3.60. The van der Waals surface area contributed by atoms with Crippen molar-refractivity contribution in [3.63, 3.8) is 0 Å². The van der Waals surface area contributed by atoms with Crippen molar-refractivity contribution in [2.75, 3.05) is 26.2 Å². The predicted molar refractivity (Wildman–Crippen MR) is 129 cm³/mol. The number of hydrogen-bond donors (Lipinski definition) is 0. The number of ether oxygens (including phenoxy) is 1. The lowest BCUT2D eigenvalue weighted by atomic mass is 9.98. The lowest BCUT2D eigenvalue weighted by Gasteiger charge is -2.31. The first-order valence-electron chi connectivity index (χ1n) is 11.9. The van der Waals surface area contributed by atoms with Crippen molar-refractivity contribution in [3.05, 3.63) is 65.2 Å². The molecule has 2 aromatic carbocycles.